The molecule has 0 saturated carbocycles. The fourth-order valence-corrected chi connectivity index (χ4v) is 5.10. The van der Waals surface area contributed by atoms with E-state index in [9.17, 15) is 13.6 Å². The second-order valence-corrected chi connectivity index (χ2v) is 8.35. The number of anilines is 1. The van der Waals surface area contributed by atoms with Crippen molar-refractivity contribution < 1.29 is 18.5 Å². The zero-order valence-corrected chi connectivity index (χ0v) is 16.0. The first-order valence-corrected chi connectivity index (χ1v) is 10.4. The number of rotatable bonds is 5. The number of aromatic nitrogens is 1. The van der Waals surface area contributed by atoms with Crippen LogP contribution in [-0.2, 0) is 4.79 Å². The third-order valence-corrected chi connectivity index (χ3v) is 6.47. The van der Waals surface area contributed by atoms with Gasteiger partial charge in [-0.3, -0.25) is 10.1 Å². The summed E-state index contributed by atoms with van der Waals surface area (Å²) in [7, 11) is 0. The number of amides is 1. The van der Waals surface area contributed by atoms with Crippen LogP contribution in [0.1, 0.15) is 23.8 Å². The van der Waals surface area contributed by atoms with Crippen LogP contribution >= 0.6 is 22.7 Å². The van der Waals surface area contributed by atoms with Crippen LogP contribution in [0.2, 0.25) is 0 Å². The smallest absolute Gasteiger partial charge is 0.281 e. The van der Waals surface area contributed by atoms with Crippen molar-refractivity contribution in [1.29, 1.82) is 0 Å². The van der Waals surface area contributed by atoms with Crippen molar-refractivity contribution in [2.45, 2.75) is 18.9 Å². The second kappa shape index (κ2) is 7.84. The van der Waals surface area contributed by atoms with Gasteiger partial charge in [0.25, 0.3) is 5.91 Å². The molecule has 3 aromatic rings. The summed E-state index contributed by atoms with van der Waals surface area (Å²) in [5, 5.41) is 7.09. The van der Waals surface area contributed by atoms with Crippen molar-refractivity contribution in [2.24, 2.45) is 0 Å². The van der Waals surface area contributed by atoms with Crippen LogP contribution in [0, 0.1) is 11.6 Å². The number of carbonyl (C=O) groups excluding carboxylic acids is 1. The lowest BCUT2D eigenvalue weighted by atomic mass is 10.2. The van der Waals surface area contributed by atoms with Gasteiger partial charge in [0.1, 0.15) is 6.04 Å². The maximum Gasteiger partial charge on any atom is 0.281 e. The molecular weight excluding hydrogens is 388 g/mol. The van der Waals surface area contributed by atoms with Crippen LogP contribution in [0.15, 0.2) is 41.1 Å². The lowest BCUT2D eigenvalue weighted by Gasteiger charge is -2.19. The predicted octanol–water partition coefficient (Wildman–Crippen LogP) is 3.51. The Morgan fingerprint density at radius 1 is 1.26 bits per heavy atom. The van der Waals surface area contributed by atoms with Crippen molar-refractivity contribution in [3.63, 3.8) is 0 Å². The van der Waals surface area contributed by atoms with Crippen molar-refractivity contribution in [3.8, 4) is 11.3 Å². The largest absolute Gasteiger partial charge is 0.320 e. The summed E-state index contributed by atoms with van der Waals surface area (Å²) >= 11 is 3.01. The normalized spacial score (nSPS) is 19.3. The zero-order valence-electron chi connectivity index (χ0n) is 14.4. The summed E-state index contributed by atoms with van der Waals surface area (Å²) in [5.41, 5.74) is 0.993. The first kappa shape index (κ1) is 18.2. The lowest BCUT2D eigenvalue weighted by Crippen LogP contribution is -3.11. The second-order valence-electron chi connectivity index (χ2n) is 6.51. The molecule has 8 heteroatoms. The summed E-state index contributed by atoms with van der Waals surface area (Å²) in [4.78, 5) is 19.4. The van der Waals surface area contributed by atoms with Crippen molar-refractivity contribution in [3.05, 3.63) is 57.6 Å². The molecule has 27 heavy (non-hydrogen) atoms. The van der Waals surface area contributed by atoms with Crippen molar-refractivity contribution in [2.75, 3.05) is 18.4 Å². The highest BCUT2D eigenvalue weighted by Crippen LogP contribution is 2.26. The van der Waals surface area contributed by atoms with E-state index in [1.54, 1.807) is 16.7 Å². The van der Waals surface area contributed by atoms with E-state index in [2.05, 4.69) is 21.7 Å². The molecule has 1 amide bonds. The third-order valence-electron chi connectivity index (χ3n) is 4.72. The monoisotopic (exact) mass is 406 g/mol. The van der Waals surface area contributed by atoms with Crippen LogP contribution in [0.4, 0.5) is 13.9 Å². The Morgan fingerprint density at radius 3 is 2.93 bits per heavy atom. The minimum Gasteiger partial charge on any atom is -0.320 e. The van der Waals surface area contributed by atoms with Gasteiger partial charge in [0.05, 0.1) is 17.1 Å². The Kier molecular flexibility index (Phi) is 5.29. The van der Waals surface area contributed by atoms with E-state index in [-0.39, 0.29) is 5.91 Å². The average molecular weight is 407 g/mol. The molecule has 1 saturated heterocycles. The Morgan fingerprint density at radius 2 is 2.15 bits per heavy atom. The van der Waals surface area contributed by atoms with Crippen LogP contribution in [-0.4, -0.2) is 24.0 Å². The third kappa shape index (κ3) is 4.07. The molecular formula is C19H18F2N3OS2+. The first-order chi connectivity index (χ1) is 13.1. The predicted molar refractivity (Wildman–Crippen MR) is 103 cm³/mol. The minimum absolute atomic E-state index is 0.0837. The summed E-state index contributed by atoms with van der Waals surface area (Å²) in [6.07, 6.45) is 2.21. The molecule has 0 spiro atoms. The number of benzene rings is 1. The topological polar surface area (TPSA) is 46.4 Å². The lowest BCUT2D eigenvalue weighted by molar-refractivity contribution is -0.910. The Labute approximate surface area is 163 Å². The molecule has 0 radical (unpaired) electrons. The number of thiophene rings is 1. The van der Waals surface area contributed by atoms with Crippen LogP contribution in [0.5, 0.6) is 0 Å². The van der Waals surface area contributed by atoms with Crippen LogP contribution in [0.3, 0.4) is 0 Å². The zero-order chi connectivity index (χ0) is 18.8. The van der Waals surface area contributed by atoms with Gasteiger partial charge < -0.3 is 4.90 Å². The quantitative estimate of drug-likeness (QED) is 0.681. The molecule has 0 aliphatic carbocycles. The first-order valence-electron chi connectivity index (χ1n) is 8.69. The number of thiazole rings is 1. The standard InChI is InChI=1S/C19H17F2N3OS2/c20-13-6-5-12(9-14(13)21)15-11-27-19(22-15)23-18(25)10-24-7-1-3-16(24)17-4-2-8-26-17/h2,4-6,8-9,11,16H,1,3,7,10H2,(H,22,23,25)/p+1/t16-/m0/s1. The molecule has 140 valence electrons. The number of nitrogens with zero attached hydrogens (tertiary/aromatic N) is 1. The van der Waals surface area contributed by atoms with E-state index in [4.69, 9.17) is 0 Å². The van der Waals surface area contributed by atoms with Crippen LogP contribution < -0.4 is 10.2 Å². The molecule has 1 aliphatic rings. The van der Waals surface area contributed by atoms with E-state index in [0.717, 1.165) is 31.5 Å². The number of hydrogen-bond donors (Lipinski definition) is 2. The highest BCUT2D eigenvalue weighted by Gasteiger charge is 2.32. The number of likely N-dealkylation sites (tertiary alicyclic amines) is 1. The van der Waals surface area contributed by atoms with E-state index in [1.165, 1.54) is 27.2 Å². The van der Waals surface area contributed by atoms with Gasteiger partial charge in [-0.25, -0.2) is 13.8 Å². The van der Waals surface area contributed by atoms with E-state index in [1.807, 2.05) is 6.07 Å². The van der Waals surface area contributed by atoms with Crippen molar-refractivity contribution in [1.82, 2.24) is 4.98 Å². The molecule has 1 aliphatic heterocycles. The van der Waals surface area contributed by atoms with E-state index < -0.39 is 11.6 Å². The average Bonchev–Trinajstić information content (AvgIpc) is 3.38. The fourth-order valence-electron chi connectivity index (χ4n) is 3.45. The molecule has 2 N–H and O–H groups in total. The minimum atomic E-state index is -0.914. The number of halogens is 2. The summed E-state index contributed by atoms with van der Waals surface area (Å²) in [6, 6.07) is 8.21. The summed E-state index contributed by atoms with van der Waals surface area (Å²) < 4.78 is 26.5. The van der Waals surface area contributed by atoms with Gasteiger partial charge in [-0.2, -0.15) is 0 Å². The fraction of sp³-hybridized carbons (Fsp3) is 0.263. The number of hydrogen-bond acceptors (Lipinski definition) is 4. The molecule has 0 bridgehead atoms. The Hall–Kier alpha value is -2.16. The molecule has 1 fully saturated rings. The molecule has 4 rings (SSSR count). The van der Waals surface area contributed by atoms with Gasteiger partial charge in [0.2, 0.25) is 0 Å². The van der Waals surface area contributed by atoms with Gasteiger partial charge in [0, 0.05) is 23.8 Å². The van der Waals surface area contributed by atoms with E-state index >= 15 is 0 Å². The van der Waals surface area contributed by atoms with E-state index in [0.29, 0.717) is 29.0 Å². The van der Waals surface area contributed by atoms with Gasteiger partial charge in [-0.15, -0.1) is 22.7 Å². The summed E-state index contributed by atoms with van der Waals surface area (Å²) in [6.45, 7) is 1.37. The molecule has 2 atom stereocenters. The Balaban J connectivity index is 1.40. The SMILES string of the molecule is O=C(C[NH+]1CCC[C@H]1c1cccs1)Nc1nc(-c2ccc(F)c(F)c2)cs1. The van der Waals surface area contributed by atoms with Crippen LogP contribution in [0.25, 0.3) is 11.3 Å². The van der Waals surface area contributed by atoms with Gasteiger partial charge >= 0.3 is 0 Å². The number of carbonyl (C=O) groups is 1. The van der Waals surface area contributed by atoms with Crippen molar-refractivity contribution >= 4 is 33.7 Å². The van der Waals surface area contributed by atoms with Gasteiger partial charge in [0.15, 0.2) is 23.3 Å². The van der Waals surface area contributed by atoms with Gasteiger partial charge in [-0.1, -0.05) is 6.07 Å². The van der Waals surface area contributed by atoms with Gasteiger partial charge in [-0.05, 0) is 29.6 Å². The molecule has 2 aromatic heterocycles. The Bertz CT molecular complexity index is 942. The molecule has 4 nitrogen and oxygen atoms in total. The number of quaternary nitrogens is 1. The molecule has 1 aromatic carbocycles. The highest BCUT2D eigenvalue weighted by molar-refractivity contribution is 7.14. The summed E-state index contributed by atoms with van der Waals surface area (Å²) in [5.74, 6) is -1.89. The maximum atomic E-state index is 13.4. The molecule has 3 heterocycles. The highest BCUT2D eigenvalue weighted by atomic mass is 32.1. The molecule has 1 unspecified atom stereocenters. The maximum absolute atomic E-state index is 13.4. The number of nitrogens with one attached hydrogen (secondary N) is 2.